The summed E-state index contributed by atoms with van der Waals surface area (Å²) in [5.74, 6) is -1.99. The molecule has 1 aliphatic heterocycles. The second kappa shape index (κ2) is 8.06. The van der Waals surface area contributed by atoms with E-state index in [0.29, 0.717) is 19.7 Å². The maximum Gasteiger partial charge on any atom is 0.387 e. The van der Waals surface area contributed by atoms with Gasteiger partial charge in [-0.3, -0.25) is 4.79 Å². The Morgan fingerprint density at radius 1 is 1.48 bits per heavy atom. The quantitative estimate of drug-likeness (QED) is 0.885. The van der Waals surface area contributed by atoms with Crippen molar-refractivity contribution in [2.75, 3.05) is 25.0 Å². The van der Waals surface area contributed by atoms with E-state index in [9.17, 15) is 18.0 Å². The lowest BCUT2D eigenvalue weighted by atomic mass is 10.2. The molecule has 9 heteroatoms. The number of nitrogens with one attached hydrogen (secondary N) is 2. The summed E-state index contributed by atoms with van der Waals surface area (Å²) in [6.45, 7) is -1.67. The lowest BCUT2D eigenvalue weighted by Crippen LogP contribution is -2.45. The van der Waals surface area contributed by atoms with Crippen molar-refractivity contribution in [1.82, 2.24) is 5.32 Å². The molecule has 1 aliphatic rings. The zero-order chi connectivity index (χ0) is 14.5. The maximum absolute atomic E-state index is 13.4. The summed E-state index contributed by atoms with van der Waals surface area (Å²) in [7, 11) is 0. The number of carbonyl (C=O) groups excluding carboxylic acids is 1. The van der Waals surface area contributed by atoms with Crippen LogP contribution < -0.4 is 15.4 Å². The van der Waals surface area contributed by atoms with Crippen molar-refractivity contribution in [3.63, 3.8) is 0 Å². The first kappa shape index (κ1) is 17.5. The first-order valence-corrected chi connectivity index (χ1v) is 5.94. The second-order valence-corrected chi connectivity index (χ2v) is 4.08. The van der Waals surface area contributed by atoms with Crippen molar-refractivity contribution in [3.8, 4) is 5.75 Å². The van der Waals surface area contributed by atoms with Crippen LogP contribution in [0.25, 0.3) is 0 Å². The zero-order valence-corrected chi connectivity index (χ0v) is 11.6. The Balaban J connectivity index is 0.00000220. The highest BCUT2D eigenvalue weighted by Gasteiger charge is 2.22. The third kappa shape index (κ3) is 5.07. The van der Waals surface area contributed by atoms with Crippen LogP contribution in [-0.2, 0) is 9.53 Å². The summed E-state index contributed by atoms with van der Waals surface area (Å²) in [4.78, 5) is 11.8. The van der Waals surface area contributed by atoms with E-state index in [-0.39, 0.29) is 18.1 Å². The standard InChI is InChI=1S/C12H13F3N2O3.ClH/c13-8-5-7(1-2-9(8)20-12(14)15)17-11(18)10-6-16-3-4-19-10;/h1-2,5,10,12,16H,3-4,6H2,(H,17,18);1H/t10-;/m1./s1. The molecule has 0 aromatic heterocycles. The average Bonchev–Trinajstić information content (AvgIpc) is 2.42. The first-order valence-electron chi connectivity index (χ1n) is 5.94. The van der Waals surface area contributed by atoms with E-state index in [4.69, 9.17) is 4.74 Å². The minimum atomic E-state index is -3.10. The smallest absolute Gasteiger partial charge is 0.387 e. The van der Waals surface area contributed by atoms with Gasteiger partial charge in [-0.15, -0.1) is 12.4 Å². The van der Waals surface area contributed by atoms with Gasteiger partial charge >= 0.3 is 6.61 Å². The van der Waals surface area contributed by atoms with Crippen LogP contribution in [0.5, 0.6) is 5.75 Å². The Morgan fingerprint density at radius 3 is 2.81 bits per heavy atom. The third-order valence-corrected chi connectivity index (χ3v) is 2.64. The van der Waals surface area contributed by atoms with Crippen molar-refractivity contribution >= 4 is 24.0 Å². The molecule has 0 aliphatic carbocycles. The average molecular weight is 327 g/mol. The number of morpholine rings is 1. The van der Waals surface area contributed by atoms with E-state index >= 15 is 0 Å². The van der Waals surface area contributed by atoms with E-state index in [0.717, 1.165) is 12.1 Å². The van der Waals surface area contributed by atoms with Crippen LogP contribution in [0.1, 0.15) is 0 Å². The van der Waals surface area contributed by atoms with E-state index in [1.807, 2.05) is 0 Å². The number of carbonyl (C=O) groups is 1. The summed E-state index contributed by atoms with van der Waals surface area (Å²) in [6, 6.07) is 3.21. The Morgan fingerprint density at radius 2 is 2.24 bits per heavy atom. The predicted molar refractivity (Wildman–Crippen MR) is 71.5 cm³/mol. The second-order valence-electron chi connectivity index (χ2n) is 4.08. The molecule has 1 saturated heterocycles. The number of anilines is 1. The molecule has 118 valence electrons. The number of hydrogen-bond donors (Lipinski definition) is 2. The number of rotatable bonds is 4. The van der Waals surface area contributed by atoms with Gasteiger partial charge in [0.05, 0.1) is 6.61 Å². The number of ether oxygens (including phenoxy) is 2. The summed E-state index contributed by atoms with van der Waals surface area (Å²) in [5, 5.41) is 5.43. The highest BCUT2D eigenvalue weighted by Crippen LogP contribution is 2.23. The van der Waals surface area contributed by atoms with E-state index < -0.39 is 30.2 Å². The van der Waals surface area contributed by atoms with Crippen LogP contribution >= 0.6 is 12.4 Å². The highest BCUT2D eigenvalue weighted by atomic mass is 35.5. The van der Waals surface area contributed by atoms with Crippen LogP contribution in [0.15, 0.2) is 18.2 Å². The molecule has 2 N–H and O–H groups in total. The molecule has 0 unspecified atom stereocenters. The van der Waals surface area contributed by atoms with Crippen LogP contribution in [0.2, 0.25) is 0 Å². The topological polar surface area (TPSA) is 59.6 Å². The largest absolute Gasteiger partial charge is 0.432 e. The summed E-state index contributed by atoms with van der Waals surface area (Å²) >= 11 is 0. The number of hydrogen-bond acceptors (Lipinski definition) is 4. The third-order valence-electron chi connectivity index (χ3n) is 2.64. The maximum atomic E-state index is 13.4. The Hall–Kier alpha value is -1.51. The molecule has 2 rings (SSSR count). The van der Waals surface area contributed by atoms with E-state index in [1.54, 1.807) is 0 Å². The molecular formula is C12H14ClF3N2O3. The molecule has 1 aromatic rings. The Labute approximate surface area is 125 Å². The SMILES string of the molecule is Cl.O=C(Nc1ccc(OC(F)F)c(F)c1)[C@H]1CNCCO1. The van der Waals surface area contributed by atoms with Crippen LogP contribution in [0, 0.1) is 5.82 Å². The molecule has 0 saturated carbocycles. The van der Waals surface area contributed by atoms with Crippen molar-refractivity contribution in [2.24, 2.45) is 0 Å². The van der Waals surface area contributed by atoms with Gasteiger partial charge in [-0.1, -0.05) is 0 Å². The Kier molecular flexibility index (Phi) is 6.73. The van der Waals surface area contributed by atoms with Gasteiger partial charge in [0.25, 0.3) is 5.91 Å². The van der Waals surface area contributed by atoms with Gasteiger partial charge < -0.3 is 20.1 Å². The molecule has 1 fully saturated rings. The van der Waals surface area contributed by atoms with Crippen LogP contribution in [0.4, 0.5) is 18.9 Å². The lowest BCUT2D eigenvalue weighted by molar-refractivity contribution is -0.128. The molecule has 1 amide bonds. The van der Waals surface area contributed by atoms with Gasteiger partial charge in [-0.05, 0) is 12.1 Å². The van der Waals surface area contributed by atoms with Crippen molar-refractivity contribution in [2.45, 2.75) is 12.7 Å². The minimum Gasteiger partial charge on any atom is -0.432 e. The van der Waals surface area contributed by atoms with Crippen molar-refractivity contribution < 1.29 is 27.4 Å². The molecule has 0 bridgehead atoms. The molecule has 0 radical (unpaired) electrons. The summed E-state index contributed by atoms with van der Waals surface area (Å²) in [6.07, 6.45) is -0.663. The molecule has 1 aromatic carbocycles. The zero-order valence-electron chi connectivity index (χ0n) is 10.8. The van der Waals surface area contributed by atoms with Gasteiger partial charge in [-0.2, -0.15) is 8.78 Å². The van der Waals surface area contributed by atoms with Gasteiger partial charge in [-0.25, -0.2) is 4.39 Å². The molecule has 0 spiro atoms. The number of halogens is 4. The first-order chi connectivity index (χ1) is 9.56. The molecular weight excluding hydrogens is 313 g/mol. The Bertz CT molecular complexity index is 485. The van der Waals surface area contributed by atoms with Crippen molar-refractivity contribution in [1.29, 1.82) is 0 Å². The molecule has 21 heavy (non-hydrogen) atoms. The summed E-state index contributed by atoms with van der Waals surface area (Å²) < 4.78 is 46.6. The number of alkyl halides is 2. The van der Waals surface area contributed by atoms with E-state index in [2.05, 4.69) is 15.4 Å². The molecule has 1 atom stereocenters. The fourth-order valence-corrected chi connectivity index (χ4v) is 1.73. The minimum absolute atomic E-state index is 0. The predicted octanol–water partition coefficient (Wildman–Crippen LogP) is 1.78. The monoisotopic (exact) mass is 326 g/mol. The van der Waals surface area contributed by atoms with Gasteiger partial charge in [0.15, 0.2) is 11.6 Å². The van der Waals surface area contributed by atoms with Gasteiger partial charge in [0, 0.05) is 24.8 Å². The fourth-order valence-electron chi connectivity index (χ4n) is 1.73. The normalized spacial score (nSPS) is 18.0. The molecule has 5 nitrogen and oxygen atoms in total. The van der Waals surface area contributed by atoms with Gasteiger partial charge in [0.2, 0.25) is 0 Å². The molecule has 1 heterocycles. The van der Waals surface area contributed by atoms with Crippen LogP contribution in [-0.4, -0.2) is 38.3 Å². The summed E-state index contributed by atoms with van der Waals surface area (Å²) in [5.41, 5.74) is 0.142. The van der Waals surface area contributed by atoms with Crippen molar-refractivity contribution in [3.05, 3.63) is 24.0 Å². The van der Waals surface area contributed by atoms with E-state index in [1.165, 1.54) is 6.07 Å². The van der Waals surface area contributed by atoms with Gasteiger partial charge in [0.1, 0.15) is 6.10 Å². The lowest BCUT2D eigenvalue weighted by Gasteiger charge is -2.22. The highest BCUT2D eigenvalue weighted by molar-refractivity contribution is 5.94. The van der Waals surface area contributed by atoms with Crippen LogP contribution in [0.3, 0.4) is 0 Å². The number of benzene rings is 1. The number of amides is 1. The fraction of sp³-hybridized carbons (Fsp3) is 0.417.